The fourth-order valence-electron chi connectivity index (χ4n) is 16.0. The standard InChI is InChI=1S/C31H28FN3O2.C30H26FN3O2.C26H22BrFN2O2.C24H22FN3O2/c1-22-28(27-17-10-19-34(27)2)31(36)35(20-18-23-11-5-3-6-12-23)30(33-22)25-15-9-16-26(32)29(25)37-21-24-13-7-4-8-14-24;1-21-27(26-16-9-18-32-26)30(35)34(19-17-22-10-4-2-5-11-22)29(33-21)24-14-8-15-25(31)28(24)36-20-23-12-6-3-7-13-23;1-18-23(27)26(31)30(16-15-19-9-4-2-5-10-19)25(29-18)21-13-8-14-22(28)24(21)32-17-20-11-6-3-7-12-20;1-16-21(20-12-7-14-27(20)2)24(30)28(15-13-17-8-4-3-5-9-17)23(26-16)18-10-6-11-19(25)22(18)29/h3-17,19H,18,20-21H2,1-2H3;2-16,18,32H,17,19-20H2,1H3;2-14H,15-17H2,1H3;3-12,14,29H,13,15H2,1-2H3. The number of hydrogen-bond donors (Lipinski definition) is 2. The van der Waals surface area contributed by atoms with Crippen molar-refractivity contribution in [3.63, 3.8) is 0 Å². The summed E-state index contributed by atoms with van der Waals surface area (Å²) in [6.07, 6.45) is 8.03. The molecule has 0 atom stereocenters. The third kappa shape index (κ3) is 22.5. The molecule has 0 unspecified atom stereocenters. The predicted octanol–water partition coefficient (Wildman–Crippen LogP) is 22.6. The number of halogens is 5. The van der Waals surface area contributed by atoms with Gasteiger partial charge in [-0.1, -0.05) is 237 Å². The summed E-state index contributed by atoms with van der Waals surface area (Å²) in [7, 11) is 3.77. The third-order valence-corrected chi connectivity index (χ3v) is 23.9. The molecule has 0 saturated carbocycles. The highest BCUT2D eigenvalue weighted by molar-refractivity contribution is 9.10. The van der Waals surface area contributed by atoms with Crippen LogP contribution in [-0.4, -0.2) is 57.4 Å². The van der Waals surface area contributed by atoms with Crippen molar-refractivity contribution in [2.24, 2.45) is 14.1 Å². The average Bonchev–Trinajstić information content (AvgIpc) is 1.75. The Bertz CT molecular complexity index is 7370. The average molecular weight is 1870 g/mol. The van der Waals surface area contributed by atoms with Crippen molar-refractivity contribution in [3.05, 3.63) is 471 Å². The Hall–Kier alpha value is -15.8. The molecule has 18 aromatic rings. The summed E-state index contributed by atoms with van der Waals surface area (Å²) in [4.78, 5) is 76.7. The van der Waals surface area contributed by atoms with E-state index in [0.717, 1.165) is 50.3 Å². The summed E-state index contributed by atoms with van der Waals surface area (Å²) in [5, 5.41) is 10.3. The lowest BCUT2D eigenvalue weighted by Crippen LogP contribution is -2.27. The van der Waals surface area contributed by atoms with Gasteiger partial charge in [0.05, 0.1) is 78.8 Å². The monoisotopic (exact) mass is 1870 g/mol. The maximum atomic E-state index is 15.1. The highest BCUT2D eigenvalue weighted by atomic mass is 79.9. The summed E-state index contributed by atoms with van der Waals surface area (Å²) < 4.78 is 87.5. The number of aromatic hydroxyl groups is 1. The highest BCUT2D eigenvalue weighted by Gasteiger charge is 2.28. The Morgan fingerprint density at radius 2 is 0.593 bits per heavy atom. The lowest BCUT2D eigenvalue weighted by atomic mass is 10.1. The van der Waals surface area contributed by atoms with E-state index in [0.29, 0.717) is 136 Å². The van der Waals surface area contributed by atoms with Crippen molar-refractivity contribution in [1.82, 2.24) is 52.3 Å². The first-order chi connectivity index (χ1) is 65.7. The molecule has 0 aliphatic rings. The van der Waals surface area contributed by atoms with Crippen LogP contribution in [0.5, 0.6) is 23.0 Å². The molecule has 0 amide bonds. The Morgan fingerprint density at radius 1 is 0.311 bits per heavy atom. The second-order valence-electron chi connectivity index (χ2n) is 32.2. The molecule has 0 aliphatic carbocycles. The molecule has 7 aromatic heterocycles. The van der Waals surface area contributed by atoms with Crippen LogP contribution >= 0.6 is 15.9 Å². The minimum atomic E-state index is -0.750. The largest absolute Gasteiger partial charge is 0.504 e. The zero-order chi connectivity index (χ0) is 94.4. The summed E-state index contributed by atoms with van der Waals surface area (Å²) in [6.45, 7) is 9.24. The molecular formula is C111H98BrF4N11O8. The van der Waals surface area contributed by atoms with Gasteiger partial charge in [-0.3, -0.25) is 37.4 Å². The molecule has 680 valence electrons. The first kappa shape index (κ1) is 93.8. The quantitative estimate of drug-likeness (QED) is 0.0438. The highest BCUT2D eigenvalue weighted by Crippen LogP contribution is 2.39. The van der Waals surface area contributed by atoms with Gasteiger partial charge in [-0.25, -0.2) is 37.5 Å². The molecule has 0 radical (unpaired) electrons. The SMILES string of the molecule is Cc1nc(-c2cccc(F)c2O)n(CCc2ccccc2)c(=O)c1-c1cccn1C.Cc1nc(-c2cccc(F)c2OCc2ccccc2)n(CCc2ccccc2)c(=O)c1-c1ccc[nH]1.Cc1nc(-c2cccc(F)c2OCc2ccccc2)n(CCc2ccccc2)c(=O)c1-c1cccn1C.Cc1nc(-c2cccc(F)c2OCc2ccccc2)n(CCc2ccccc2)c(=O)c1Br. The number of phenols is 1. The number of nitrogens with zero attached hydrogens (tertiary/aromatic N) is 10. The Morgan fingerprint density at radius 3 is 0.904 bits per heavy atom. The topological polar surface area (TPSA) is 213 Å². The van der Waals surface area contributed by atoms with E-state index in [1.807, 2.05) is 291 Å². The minimum Gasteiger partial charge on any atom is -0.504 e. The number of ether oxygens (including phenoxy) is 3. The molecule has 135 heavy (non-hydrogen) atoms. The second-order valence-corrected chi connectivity index (χ2v) is 33.0. The lowest BCUT2D eigenvalue weighted by molar-refractivity contribution is 0.291. The van der Waals surface area contributed by atoms with Crippen molar-refractivity contribution in [1.29, 1.82) is 0 Å². The van der Waals surface area contributed by atoms with E-state index in [-0.39, 0.29) is 70.7 Å². The summed E-state index contributed by atoms with van der Waals surface area (Å²) in [5.74, 6) is -1.11. The number of nitrogens with one attached hydrogen (secondary N) is 1. The molecule has 0 aliphatic heterocycles. The number of rotatable bonds is 28. The van der Waals surface area contributed by atoms with E-state index >= 15 is 8.78 Å². The second kappa shape index (κ2) is 44.4. The van der Waals surface area contributed by atoms with Crippen LogP contribution in [-0.2, 0) is 85.8 Å². The van der Waals surface area contributed by atoms with Gasteiger partial charge in [-0.2, -0.15) is 0 Å². The predicted molar refractivity (Wildman–Crippen MR) is 525 cm³/mol. The number of aromatic nitrogens is 11. The van der Waals surface area contributed by atoms with Crippen molar-refractivity contribution in [2.45, 2.75) is 99.4 Å². The zero-order valence-electron chi connectivity index (χ0n) is 75.3. The van der Waals surface area contributed by atoms with Gasteiger partial charge in [0.2, 0.25) is 0 Å². The summed E-state index contributed by atoms with van der Waals surface area (Å²) in [5.41, 5.74) is 13.8. The van der Waals surface area contributed by atoms with E-state index in [4.69, 9.17) is 24.2 Å². The van der Waals surface area contributed by atoms with Crippen LogP contribution in [0.3, 0.4) is 0 Å². The van der Waals surface area contributed by atoms with Gasteiger partial charge in [0.25, 0.3) is 22.2 Å². The van der Waals surface area contributed by atoms with Gasteiger partial charge in [0.1, 0.15) is 47.6 Å². The number of para-hydroxylation sites is 4. The van der Waals surface area contributed by atoms with Crippen LogP contribution in [0.15, 0.2) is 364 Å². The minimum absolute atomic E-state index is 0.0775. The third-order valence-electron chi connectivity index (χ3n) is 23.0. The van der Waals surface area contributed by atoms with Gasteiger partial charge in [0.15, 0.2) is 46.3 Å². The Labute approximate surface area is 787 Å². The molecule has 18 rings (SSSR count). The van der Waals surface area contributed by atoms with E-state index in [1.165, 1.54) is 34.9 Å². The molecule has 0 bridgehead atoms. The van der Waals surface area contributed by atoms with Crippen molar-refractivity contribution < 1.29 is 36.9 Å². The van der Waals surface area contributed by atoms with Gasteiger partial charge in [-0.15, -0.1) is 0 Å². The molecule has 2 N–H and O–H groups in total. The van der Waals surface area contributed by atoms with E-state index in [1.54, 1.807) is 83.1 Å². The summed E-state index contributed by atoms with van der Waals surface area (Å²) >= 11 is 3.36. The lowest BCUT2D eigenvalue weighted by Gasteiger charge is -2.19. The van der Waals surface area contributed by atoms with Crippen LogP contribution in [0.25, 0.3) is 79.3 Å². The number of phenolic OH excluding ortho intramolecular Hbond substituents is 1. The smallest absolute Gasteiger partial charge is 0.268 e. The van der Waals surface area contributed by atoms with E-state index < -0.39 is 29.0 Å². The molecule has 7 heterocycles. The molecule has 11 aromatic carbocycles. The first-order valence-electron chi connectivity index (χ1n) is 44.1. The molecule has 0 fully saturated rings. The molecule has 0 saturated heterocycles. The van der Waals surface area contributed by atoms with Gasteiger partial charge >= 0.3 is 0 Å². The van der Waals surface area contributed by atoms with Gasteiger partial charge < -0.3 is 33.4 Å². The number of aromatic amines is 1. The number of hydrogen-bond acceptors (Lipinski definition) is 12. The van der Waals surface area contributed by atoms with Crippen LogP contribution in [0.4, 0.5) is 17.6 Å². The fraction of sp³-hybridized carbons (Fsp3) is 0.153. The van der Waals surface area contributed by atoms with Crippen molar-refractivity contribution in [2.75, 3.05) is 0 Å². The van der Waals surface area contributed by atoms with Crippen LogP contribution < -0.4 is 36.4 Å². The van der Waals surface area contributed by atoms with Crippen LogP contribution in [0.2, 0.25) is 0 Å². The molecule has 0 spiro atoms. The van der Waals surface area contributed by atoms with E-state index in [9.17, 15) is 33.1 Å². The fourth-order valence-corrected chi connectivity index (χ4v) is 16.3. The van der Waals surface area contributed by atoms with Gasteiger partial charge in [0, 0.05) is 58.9 Å². The number of H-pyrrole nitrogens is 1. The maximum Gasteiger partial charge on any atom is 0.268 e. The Balaban J connectivity index is 0.000000137. The van der Waals surface area contributed by atoms with Crippen LogP contribution in [0, 0.1) is 51.0 Å². The van der Waals surface area contributed by atoms with Crippen molar-refractivity contribution >= 4 is 15.9 Å². The Kier molecular flexibility index (Phi) is 30.9. The van der Waals surface area contributed by atoms with E-state index in [2.05, 4.69) is 30.9 Å². The summed E-state index contributed by atoms with van der Waals surface area (Å²) in [6, 6.07) is 98.0. The maximum absolute atomic E-state index is 15.1. The number of aryl methyl sites for hydroxylation is 10. The molecular weight excluding hydrogens is 1770 g/mol. The zero-order valence-corrected chi connectivity index (χ0v) is 76.9. The normalized spacial score (nSPS) is 11.0. The van der Waals surface area contributed by atoms with Crippen LogP contribution in [0.1, 0.15) is 61.7 Å². The number of benzene rings is 11. The van der Waals surface area contributed by atoms with Gasteiger partial charge in [-0.05, 0) is 193 Å². The molecule has 24 heteroatoms. The molecule has 19 nitrogen and oxygen atoms in total. The van der Waals surface area contributed by atoms with Crippen molar-refractivity contribution in [3.8, 4) is 102 Å². The first-order valence-corrected chi connectivity index (χ1v) is 44.9.